The topological polar surface area (TPSA) is 62.1 Å². The van der Waals surface area contributed by atoms with E-state index in [9.17, 15) is 4.39 Å². The van der Waals surface area contributed by atoms with E-state index in [1.54, 1.807) is 19.2 Å². The largest absolute Gasteiger partial charge is 0.493 e. The van der Waals surface area contributed by atoms with E-state index in [0.29, 0.717) is 13.2 Å². The summed E-state index contributed by atoms with van der Waals surface area (Å²) in [5.41, 5.74) is 2.88. The monoisotopic (exact) mass is 353 g/mol. The standard InChI is InChI=1S/C20H20FN3O2/c1-25-9-2-10-26-16-7-8-17-13(11-16)12-18-19(17)23-24-20(18)22-15-5-3-14(21)4-6-15/h3-8,11-12,22-24H,2,9-10H2,1H3. The van der Waals surface area contributed by atoms with E-state index in [1.165, 1.54) is 12.1 Å². The highest BCUT2D eigenvalue weighted by Crippen LogP contribution is 2.39. The second-order valence-corrected chi connectivity index (χ2v) is 6.13. The minimum Gasteiger partial charge on any atom is -0.493 e. The molecule has 0 bridgehead atoms. The van der Waals surface area contributed by atoms with E-state index in [0.717, 1.165) is 45.7 Å². The van der Waals surface area contributed by atoms with Gasteiger partial charge in [-0.1, -0.05) is 0 Å². The summed E-state index contributed by atoms with van der Waals surface area (Å²) in [7, 11) is 1.69. The number of benzene rings is 2. The fraction of sp³-hybridized carbons (Fsp3) is 0.200. The molecule has 5 nitrogen and oxygen atoms in total. The normalized spacial score (nSPS) is 11.3. The number of hydrogen-bond acceptors (Lipinski definition) is 3. The van der Waals surface area contributed by atoms with Crippen LogP contribution in [0, 0.1) is 5.82 Å². The van der Waals surface area contributed by atoms with E-state index in [-0.39, 0.29) is 5.82 Å². The molecule has 1 aliphatic carbocycles. The number of nitrogens with one attached hydrogen (secondary N) is 3. The molecule has 4 rings (SSSR count). The predicted molar refractivity (Wildman–Crippen MR) is 101 cm³/mol. The van der Waals surface area contributed by atoms with E-state index in [1.807, 2.05) is 12.1 Å². The molecule has 1 aliphatic heterocycles. The lowest BCUT2D eigenvalue weighted by molar-refractivity contribution is 0.172. The third-order valence-corrected chi connectivity index (χ3v) is 4.32. The van der Waals surface area contributed by atoms with Gasteiger partial charge in [-0.2, -0.15) is 0 Å². The van der Waals surface area contributed by atoms with Gasteiger partial charge in [0.25, 0.3) is 0 Å². The first-order chi connectivity index (χ1) is 12.7. The number of fused-ring (bicyclic) bond motifs is 3. The lowest BCUT2D eigenvalue weighted by atomic mass is 10.2. The quantitative estimate of drug-likeness (QED) is 0.414. The molecule has 2 aromatic rings. The SMILES string of the molecule is COCCCOc1ccc2c3[nH][nH]c(Nc4ccc(F)cc4)c-3cc2c1. The number of anilines is 2. The molecule has 2 aliphatic rings. The highest BCUT2D eigenvalue weighted by atomic mass is 19.1. The summed E-state index contributed by atoms with van der Waals surface area (Å²) in [5.74, 6) is 1.43. The maximum Gasteiger partial charge on any atom is 0.132 e. The number of H-pyrrole nitrogens is 2. The molecule has 0 unspecified atom stereocenters. The molecular weight excluding hydrogens is 333 g/mol. The predicted octanol–water partition coefficient (Wildman–Crippen LogP) is 4.90. The Morgan fingerprint density at radius 1 is 1.00 bits per heavy atom. The van der Waals surface area contributed by atoms with Crippen molar-refractivity contribution in [1.29, 1.82) is 0 Å². The zero-order valence-corrected chi connectivity index (χ0v) is 14.4. The summed E-state index contributed by atoms with van der Waals surface area (Å²) in [5, 5.41) is 11.8. The summed E-state index contributed by atoms with van der Waals surface area (Å²) in [4.78, 5) is 0. The maximum atomic E-state index is 13.1. The van der Waals surface area contributed by atoms with Gasteiger partial charge in [-0.3, -0.25) is 10.2 Å². The molecule has 0 saturated carbocycles. The van der Waals surface area contributed by atoms with Gasteiger partial charge >= 0.3 is 0 Å². The molecule has 0 radical (unpaired) electrons. The van der Waals surface area contributed by atoms with Crippen LogP contribution in [0.4, 0.5) is 15.9 Å². The van der Waals surface area contributed by atoms with Crippen molar-refractivity contribution in [3.8, 4) is 17.0 Å². The zero-order valence-electron chi connectivity index (χ0n) is 14.4. The molecule has 0 fully saturated rings. The number of methoxy groups -OCH3 is 1. The van der Waals surface area contributed by atoms with Crippen LogP contribution in [0.3, 0.4) is 0 Å². The maximum absolute atomic E-state index is 13.1. The number of aromatic amines is 2. The smallest absolute Gasteiger partial charge is 0.132 e. The van der Waals surface area contributed by atoms with Crippen molar-refractivity contribution in [1.82, 2.24) is 10.2 Å². The lowest BCUT2D eigenvalue weighted by Gasteiger charge is -2.05. The molecule has 6 heteroatoms. The van der Waals surface area contributed by atoms with Crippen molar-refractivity contribution in [3.63, 3.8) is 0 Å². The van der Waals surface area contributed by atoms with Crippen LogP contribution in [0.25, 0.3) is 22.0 Å². The molecule has 0 atom stereocenters. The lowest BCUT2D eigenvalue weighted by Crippen LogP contribution is -2.00. The van der Waals surface area contributed by atoms with Crippen LogP contribution < -0.4 is 10.1 Å². The van der Waals surface area contributed by atoms with Crippen LogP contribution in [-0.2, 0) is 4.74 Å². The van der Waals surface area contributed by atoms with Gasteiger partial charge in [0.05, 0.1) is 12.3 Å². The minimum atomic E-state index is -0.254. The number of ether oxygens (including phenoxy) is 2. The highest BCUT2D eigenvalue weighted by molar-refractivity contribution is 6.04. The van der Waals surface area contributed by atoms with Crippen LogP contribution in [0.2, 0.25) is 0 Å². The Balaban J connectivity index is 1.57. The number of halogens is 1. The summed E-state index contributed by atoms with van der Waals surface area (Å²) >= 11 is 0. The van der Waals surface area contributed by atoms with Crippen LogP contribution in [0.15, 0.2) is 48.5 Å². The third kappa shape index (κ3) is 3.23. The summed E-state index contributed by atoms with van der Waals surface area (Å²) < 4.78 is 23.9. The Labute approximate surface area is 150 Å². The first kappa shape index (κ1) is 16.5. The molecule has 2 aromatic carbocycles. The van der Waals surface area contributed by atoms with Gasteiger partial charge < -0.3 is 14.8 Å². The summed E-state index contributed by atoms with van der Waals surface area (Å²) in [6, 6.07) is 14.4. The second-order valence-electron chi connectivity index (χ2n) is 6.13. The first-order valence-corrected chi connectivity index (χ1v) is 8.52. The highest BCUT2D eigenvalue weighted by Gasteiger charge is 2.17. The molecule has 0 saturated heterocycles. The van der Waals surface area contributed by atoms with E-state index >= 15 is 0 Å². The van der Waals surface area contributed by atoms with Crippen LogP contribution in [0.5, 0.6) is 5.75 Å². The molecule has 0 amide bonds. The van der Waals surface area contributed by atoms with E-state index in [2.05, 4.69) is 27.6 Å². The van der Waals surface area contributed by atoms with Crippen LogP contribution in [0.1, 0.15) is 6.42 Å². The Hall–Kier alpha value is -2.99. The van der Waals surface area contributed by atoms with Gasteiger partial charge in [-0.25, -0.2) is 4.39 Å². The number of aromatic nitrogens is 2. The molecule has 3 N–H and O–H groups in total. The second kappa shape index (κ2) is 7.09. The Bertz CT molecular complexity index is 975. The van der Waals surface area contributed by atoms with E-state index in [4.69, 9.17) is 9.47 Å². The van der Waals surface area contributed by atoms with Gasteiger partial charge in [0.1, 0.15) is 17.4 Å². The summed E-state index contributed by atoms with van der Waals surface area (Å²) in [6.07, 6.45) is 0.858. The Morgan fingerprint density at radius 3 is 2.65 bits per heavy atom. The molecule has 0 aromatic heterocycles. The van der Waals surface area contributed by atoms with Gasteiger partial charge in [0.2, 0.25) is 0 Å². The number of rotatable bonds is 7. The molecule has 0 spiro atoms. The van der Waals surface area contributed by atoms with Gasteiger partial charge in [-0.05, 0) is 53.9 Å². The average Bonchev–Trinajstić information content (AvgIpc) is 3.20. The third-order valence-electron chi connectivity index (χ3n) is 4.32. The fourth-order valence-electron chi connectivity index (χ4n) is 3.04. The fourth-order valence-corrected chi connectivity index (χ4v) is 3.04. The molecular formula is C20H20FN3O2. The van der Waals surface area contributed by atoms with Crippen molar-refractivity contribution in [3.05, 3.63) is 54.3 Å². The Morgan fingerprint density at radius 2 is 1.85 bits per heavy atom. The van der Waals surface area contributed by atoms with Gasteiger partial charge in [0.15, 0.2) is 0 Å². The molecule has 1 heterocycles. The van der Waals surface area contributed by atoms with Crippen LogP contribution in [-0.4, -0.2) is 30.5 Å². The summed E-state index contributed by atoms with van der Waals surface area (Å²) in [6.45, 7) is 1.32. The molecule has 134 valence electrons. The zero-order chi connectivity index (χ0) is 17.9. The van der Waals surface area contributed by atoms with Crippen molar-refractivity contribution in [2.75, 3.05) is 25.6 Å². The average molecular weight is 353 g/mol. The van der Waals surface area contributed by atoms with Crippen molar-refractivity contribution in [2.45, 2.75) is 6.42 Å². The van der Waals surface area contributed by atoms with Crippen LogP contribution >= 0.6 is 0 Å². The van der Waals surface area contributed by atoms with Crippen molar-refractivity contribution in [2.24, 2.45) is 0 Å². The Kier molecular flexibility index (Phi) is 4.50. The molecule has 26 heavy (non-hydrogen) atoms. The van der Waals surface area contributed by atoms with Gasteiger partial charge in [0, 0.05) is 36.8 Å². The number of hydrogen-bond donors (Lipinski definition) is 3. The van der Waals surface area contributed by atoms with Gasteiger partial charge in [-0.15, -0.1) is 0 Å². The van der Waals surface area contributed by atoms with E-state index < -0.39 is 0 Å². The minimum absolute atomic E-state index is 0.254. The first-order valence-electron chi connectivity index (χ1n) is 8.52. The van der Waals surface area contributed by atoms with Crippen molar-refractivity contribution >= 4 is 22.3 Å². The van der Waals surface area contributed by atoms with Crippen molar-refractivity contribution < 1.29 is 13.9 Å².